The van der Waals surface area contributed by atoms with E-state index < -0.39 is 0 Å². The number of pyridine rings is 1. The van der Waals surface area contributed by atoms with Crippen LogP contribution in [-0.4, -0.2) is 18.0 Å². The zero-order chi connectivity index (χ0) is 11.5. The first-order chi connectivity index (χ1) is 7.76. The number of nitrogens with zero attached hydrogens (tertiary/aromatic N) is 2. The van der Waals surface area contributed by atoms with Crippen LogP contribution in [0.25, 0.3) is 15.7 Å². The molecule has 0 radical (unpaired) electrons. The summed E-state index contributed by atoms with van der Waals surface area (Å²) in [5, 5.41) is 3.59. The van der Waals surface area contributed by atoms with E-state index in [1.807, 2.05) is 12.1 Å². The van der Waals surface area contributed by atoms with Crippen LogP contribution in [0, 0.1) is 0 Å². The van der Waals surface area contributed by atoms with Crippen molar-refractivity contribution in [2.75, 3.05) is 7.11 Å². The standard InChI is InChI=1S/C11H9FN2OS/c1-7(11(14-12)15-2)9-5-8-3-4-13-6-10(8)16-9/h3-6H,1H2,2H3. The molecule has 0 atom stereocenters. The lowest BCUT2D eigenvalue weighted by molar-refractivity contribution is 0.384. The third-order valence-electron chi connectivity index (χ3n) is 2.15. The van der Waals surface area contributed by atoms with E-state index in [1.165, 1.54) is 18.4 Å². The van der Waals surface area contributed by atoms with Crippen LogP contribution in [0.3, 0.4) is 0 Å². The Morgan fingerprint density at radius 3 is 3.06 bits per heavy atom. The smallest absolute Gasteiger partial charge is 0.251 e. The van der Waals surface area contributed by atoms with Crippen molar-refractivity contribution < 1.29 is 9.22 Å². The molecule has 0 unspecified atom stereocenters. The maximum atomic E-state index is 12.2. The van der Waals surface area contributed by atoms with Gasteiger partial charge in [-0.2, -0.15) is 0 Å². The molecular weight excluding hydrogens is 227 g/mol. The van der Waals surface area contributed by atoms with E-state index in [4.69, 9.17) is 4.74 Å². The predicted octanol–water partition coefficient (Wildman–Crippen LogP) is 3.24. The molecule has 5 heteroatoms. The summed E-state index contributed by atoms with van der Waals surface area (Å²) >= 11 is 1.47. The van der Waals surface area contributed by atoms with E-state index in [0.717, 1.165) is 15.0 Å². The average Bonchev–Trinajstić information content (AvgIpc) is 2.74. The average molecular weight is 236 g/mol. The van der Waals surface area contributed by atoms with E-state index in [-0.39, 0.29) is 5.90 Å². The molecule has 0 N–H and O–H groups in total. The molecule has 3 nitrogen and oxygen atoms in total. The summed E-state index contributed by atoms with van der Waals surface area (Å²) < 4.78 is 18.0. The van der Waals surface area contributed by atoms with E-state index in [0.29, 0.717) is 5.57 Å². The van der Waals surface area contributed by atoms with Gasteiger partial charge in [0, 0.05) is 22.8 Å². The summed E-state index contributed by atoms with van der Waals surface area (Å²) in [6.07, 6.45) is 3.47. The van der Waals surface area contributed by atoms with Gasteiger partial charge in [0.15, 0.2) is 0 Å². The molecule has 2 aromatic heterocycles. The third kappa shape index (κ3) is 1.81. The van der Waals surface area contributed by atoms with Gasteiger partial charge in [-0.05, 0) is 22.7 Å². The number of hydrogen-bond donors (Lipinski definition) is 0. The van der Waals surface area contributed by atoms with Crippen LogP contribution in [-0.2, 0) is 4.74 Å². The summed E-state index contributed by atoms with van der Waals surface area (Å²) in [6, 6.07) is 3.80. The normalized spacial score (nSPS) is 11.8. The van der Waals surface area contributed by atoms with Gasteiger partial charge >= 0.3 is 0 Å². The lowest BCUT2D eigenvalue weighted by Crippen LogP contribution is -2.01. The quantitative estimate of drug-likeness (QED) is 0.592. The molecule has 2 rings (SSSR count). The minimum Gasteiger partial charge on any atom is -0.479 e. The number of aromatic nitrogens is 1. The first kappa shape index (κ1) is 10.8. The Balaban J connectivity index is 2.44. The molecule has 0 aliphatic heterocycles. The highest BCUT2D eigenvalue weighted by Gasteiger charge is 2.11. The first-order valence-corrected chi connectivity index (χ1v) is 5.34. The van der Waals surface area contributed by atoms with Gasteiger partial charge in [0.1, 0.15) is 0 Å². The largest absolute Gasteiger partial charge is 0.479 e. The van der Waals surface area contributed by atoms with Crippen LogP contribution in [0.5, 0.6) is 0 Å². The molecule has 82 valence electrons. The van der Waals surface area contributed by atoms with Crippen LogP contribution in [0.2, 0.25) is 0 Å². The van der Waals surface area contributed by atoms with Gasteiger partial charge in [-0.1, -0.05) is 11.1 Å². The Morgan fingerprint density at radius 1 is 1.62 bits per heavy atom. The van der Waals surface area contributed by atoms with Gasteiger partial charge in [0.25, 0.3) is 5.90 Å². The maximum absolute atomic E-state index is 12.2. The van der Waals surface area contributed by atoms with Gasteiger partial charge in [-0.15, -0.1) is 11.3 Å². The van der Waals surface area contributed by atoms with Crippen molar-refractivity contribution in [2.45, 2.75) is 0 Å². The minimum absolute atomic E-state index is 0.0977. The molecule has 0 saturated heterocycles. The van der Waals surface area contributed by atoms with Crippen LogP contribution in [0.1, 0.15) is 4.88 Å². The first-order valence-electron chi connectivity index (χ1n) is 4.52. The lowest BCUT2D eigenvalue weighted by Gasteiger charge is -2.02. The molecule has 0 aromatic carbocycles. The molecule has 0 fully saturated rings. The lowest BCUT2D eigenvalue weighted by atomic mass is 10.2. The predicted molar refractivity (Wildman–Crippen MR) is 64.2 cm³/mol. The fraction of sp³-hybridized carbons (Fsp3) is 0.0909. The summed E-state index contributed by atoms with van der Waals surface area (Å²) in [6.45, 7) is 3.76. The third-order valence-corrected chi connectivity index (χ3v) is 3.29. The Hall–Kier alpha value is -1.75. The van der Waals surface area contributed by atoms with Gasteiger partial charge in [0.05, 0.1) is 11.8 Å². The zero-order valence-corrected chi connectivity index (χ0v) is 9.42. The van der Waals surface area contributed by atoms with Gasteiger partial charge in [-0.3, -0.25) is 4.98 Å². The number of thiophene rings is 1. The van der Waals surface area contributed by atoms with Gasteiger partial charge < -0.3 is 4.74 Å². The summed E-state index contributed by atoms with van der Waals surface area (Å²) in [4.78, 5) is 4.84. The second kappa shape index (κ2) is 4.40. The van der Waals surface area contributed by atoms with Gasteiger partial charge in [-0.25, -0.2) is 0 Å². The van der Waals surface area contributed by atoms with Crippen LogP contribution in [0.4, 0.5) is 4.48 Å². The highest BCUT2D eigenvalue weighted by Crippen LogP contribution is 2.29. The minimum atomic E-state index is -0.0977. The number of halogens is 1. The maximum Gasteiger partial charge on any atom is 0.251 e. The van der Waals surface area contributed by atoms with Crippen molar-refractivity contribution in [1.29, 1.82) is 0 Å². The molecule has 0 aliphatic rings. The van der Waals surface area contributed by atoms with E-state index in [9.17, 15) is 4.48 Å². The molecular formula is C11H9FN2OS. The molecule has 0 bridgehead atoms. The molecule has 0 saturated carbocycles. The van der Waals surface area contributed by atoms with Gasteiger partial charge in [0.2, 0.25) is 0 Å². The molecule has 2 heterocycles. The Bertz CT molecular complexity index is 529. The summed E-state index contributed by atoms with van der Waals surface area (Å²) in [5.41, 5.74) is 0.436. The topological polar surface area (TPSA) is 34.5 Å². The highest BCUT2D eigenvalue weighted by molar-refractivity contribution is 7.20. The van der Waals surface area contributed by atoms with E-state index in [1.54, 1.807) is 12.4 Å². The van der Waals surface area contributed by atoms with E-state index in [2.05, 4.69) is 16.8 Å². The van der Waals surface area contributed by atoms with Crippen LogP contribution < -0.4 is 0 Å². The molecule has 0 aliphatic carbocycles. The SMILES string of the molecule is C=C(C(=NF)OC)c1cc2ccncc2s1. The van der Waals surface area contributed by atoms with Crippen molar-refractivity contribution in [3.05, 3.63) is 36.0 Å². The summed E-state index contributed by atoms with van der Waals surface area (Å²) in [7, 11) is 1.36. The summed E-state index contributed by atoms with van der Waals surface area (Å²) in [5.74, 6) is -0.0977. The highest BCUT2D eigenvalue weighted by atomic mass is 32.1. The number of methoxy groups -OCH3 is 1. The van der Waals surface area contributed by atoms with Crippen LogP contribution in [0.15, 0.2) is 36.3 Å². The van der Waals surface area contributed by atoms with E-state index >= 15 is 0 Å². The number of rotatable bonds is 2. The monoisotopic (exact) mass is 236 g/mol. The Labute approximate surface area is 95.9 Å². The second-order valence-corrected chi connectivity index (χ2v) is 4.18. The second-order valence-electron chi connectivity index (χ2n) is 3.10. The van der Waals surface area contributed by atoms with Crippen molar-refractivity contribution in [2.24, 2.45) is 5.21 Å². The fourth-order valence-corrected chi connectivity index (χ4v) is 2.34. The van der Waals surface area contributed by atoms with Crippen molar-refractivity contribution in [3.63, 3.8) is 0 Å². The molecule has 2 aromatic rings. The Kier molecular flexibility index (Phi) is 2.96. The molecule has 0 spiro atoms. The molecule has 0 amide bonds. The Morgan fingerprint density at radius 2 is 2.44 bits per heavy atom. The zero-order valence-electron chi connectivity index (χ0n) is 8.61. The van der Waals surface area contributed by atoms with Crippen molar-refractivity contribution >= 4 is 32.9 Å². The number of hydrogen-bond acceptors (Lipinski definition) is 4. The fourth-order valence-electron chi connectivity index (χ4n) is 1.35. The van der Waals surface area contributed by atoms with Crippen molar-refractivity contribution in [3.8, 4) is 0 Å². The molecule has 16 heavy (non-hydrogen) atoms. The van der Waals surface area contributed by atoms with Crippen LogP contribution >= 0.6 is 11.3 Å². The number of fused-ring (bicyclic) bond motifs is 1. The van der Waals surface area contributed by atoms with Crippen molar-refractivity contribution in [1.82, 2.24) is 4.98 Å². The number of ether oxygens (including phenoxy) is 1.